The molecule has 0 aromatic heterocycles. The standard InChI is InChI=1S/C12H13Cl2NO.ClH/c13-10-4-3-9(7-11(10)14)12(16)8-15-5-1-2-6-15;/h3-4,7H,1-2,5-6,8H2;1H. The summed E-state index contributed by atoms with van der Waals surface area (Å²) in [4.78, 5) is 14.1. The van der Waals surface area contributed by atoms with Gasteiger partial charge in [-0.25, -0.2) is 0 Å². The zero-order valence-electron chi connectivity index (χ0n) is 9.29. The molecule has 0 atom stereocenters. The lowest BCUT2D eigenvalue weighted by Crippen LogP contribution is -2.26. The molecule has 0 aliphatic carbocycles. The summed E-state index contributed by atoms with van der Waals surface area (Å²) in [6, 6.07) is 5.04. The molecule has 1 aromatic rings. The lowest BCUT2D eigenvalue weighted by molar-refractivity contribution is 0.0945. The Hall–Kier alpha value is -0.280. The molecule has 0 amide bonds. The molecular formula is C12H14Cl3NO. The van der Waals surface area contributed by atoms with Crippen molar-refractivity contribution in [2.75, 3.05) is 19.6 Å². The van der Waals surface area contributed by atoms with Crippen LogP contribution in [-0.2, 0) is 0 Å². The van der Waals surface area contributed by atoms with E-state index in [1.165, 1.54) is 12.8 Å². The van der Waals surface area contributed by atoms with Gasteiger partial charge in [0.1, 0.15) is 0 Å². The van der Waals surface area contributed by atoms with Crippen molar-refractivity contribution in [2.24, 2.45) is 0 Å². The number of benzene rings is 1. The number of carbonyl (C=O) groups is 1. The smallest absolute Gasteiger partial charge is 0.176 e. The summed E-state index contributed by atoms with van der Waals surface area (Å²) in [5.41, 5.74) is 0.640. The van der Waals surface area contributed by atoms with Crippen molar-refractivity contribution in [3.63, 3.8) is 0 Å². The van der Waals surface area contributed by atoms with E-state index in [1.807, 2.05) is 0 Å². The Balaban J connectivity index is 0.00000144. The van der Waals surface area contributed by atoms with E-state index in [2.05, 4.69) is 4.90 Å². The Kier molecular flexibility index (Phi) is 5.74. The van der Waals surface area contributed by atoms with Crippen molar-refractivity contribution in [1.29, 1.82) is 0 Å². The maximum absolute atomic E-state index is 11.9. The average molecular weight is 295 g/mol. The van der Waals surface area contributed by atoms with Crippen molar-refractivity contribution in [3.05, 3.63) is 33.8 Å². The summed E-state index contributed by atoms with van der Waals surface area (Å²) in [5, 5.41) is 0.924. The highest BCUT2D eigenvalue weighted by molar-refractivity contribution is 6.42. The second kappa shape index (κ2) is 6.60. The predicted octanol–water partition coefficient (Wildman–Crippen LogP) is 3.69. The second-order valence-electron chi connectivity index (χ2n) is 4.04. The maximum Gasteiger partial charge on any atom is 0.176 e. The zero-order chi connectivity index (χ0) is 11.5. The molecule has 1 aliphatic rings. The van der Waals surface area contributed by atoms with E-state index in [4.69, 9.17) is 23.2 Å². The molecule has 0 unspecified atom stereocenters. The summed E-state index contributed by atoms with van der Waals surface area (Å²) >= 11 is 11.7. The van der Waals surface area contributed by atoms with Crippen LogP contribution in [0.3, 0.4) is 0 Å². The largest absolute Gasteiger partial charge is 0.296 e. The normalized spacial score (nSPS) is 15.6. The molecule has 1 heterocycles. The second-order valence-corrected chi connectivity index (χ2v) is 4.85. The fourth-order valence-corrected chi connectivity index (χ4v) is 2.20. The Labute approximate surface area is 117 Å². The molecule has 5 heteroatoms. The molecule has 17 heavy (non-hydrogen) atoms. The van der Waals surface area contributed by atoms with E-state index >= 15 is 0 Å². The van der Waals surface area contributed by atoms with E-state index in [0.29, 0.717) is 22.2 Å². The highest BCUT2D eigenvalue weighted by atomic mass is 35.5. The molecule has 2 rings (SSSR count). The highest BCUT2D eigenvalue weighted by Gasteiger charge is 2.16. The number of likely N-dealkylation sites (tertiary alicyclic amines) is 1. The van der Waals surface area contributed by atoms with Gasteiger partial charge >= 0.3 is 0 Å². The number of halogens is 3. The lowest BCUT2D eigenvalue weighted by Gasteiger charge is -2.13. The minimum atomic E-state index is 0. The third-order valence-electron chi connectivity index (χ3n) is 2.81. The van der Waals surface area contributed by atoms with E-state index in [-0.39, 0.29) is 18.2 Å². The van der Waals surface area contributed by atoms with Crippen LogP contribution in [0.5, 0.6) is 0 Å². The molecule has 1 fully saturated rings. The van der Waals surface area contributed by atoms with Gasteiger partial charge in [0.25, 0.3) is 0 Å². The summed E-state index contributed by atoms with van der Waals surface area (Å²) in [6.45, 7) is 2.53. The SMILES string of the molecule is Cl.O=C(CN1CCCC1)c1ccc(Cl)c(Cl)c1. The monoisotopic (exact) mass is 293 g/mol. The van der Waals surface area contributed by atoms with Crippen LogP contribution < -0.4 is 0 Å². The highest BCUT2D eigenvalue weighted by Crippen LogP contribution is 2.23. The van der Waals surface area contributed by atoms with Gasteiger partial charge in [-0.3, -0.25) is 9.69 Å². The minimum Gasteiger partial charge on any atom is -0.296 e. The molecule has 94 valence electrons. The van der Waals surface area contributed by atoms with Gasteiger partial charge in [0, 0.05) is 5.56 Å². The molecule has 1 aliphatic heterocycles. The number of hydrogen-bond acceptors (Lipinski definition) is 2. The fourth-order valence-electron chi connectivity index (χ4n) is 1.90. The lowest BCUT2D eigenvalue weighted by atomic mass is 10.1. The van der Waals surface area contributed by atoms with Gasteiger partial charge in [-0.2, -0.15) is 0 Å². The summed E-state index contributed by atoms with van der Waals surface area (Å²) < 4.78 is 0. The zero-order valence-corrected chi connectivity index (χ0v) is 11.6. The molecule has 2 nitrogen and oxygen atoms in total. The first-order valence-corrected chi connectivity index (χ1v) is 6.13. The molecule has 1 saturated heterocycles. The Morgan fingerprint density at radius 3 is 2.41 bits per heavy atom. The predicted molar refractivity (Wildman–Crippen MR) is 73.7 cm³/mol. The fraction of sp³-hybridized carbons (Fsp3) is 0.417. The van der Waals surface area contributed by atoms with Crippen molar-refractivity contribution in [1.82, 2.24) is 4.90 Å². The van der Waals surface area contributed by atoms with Gasteiger partial charge in [-0.15, -0.1) is 12.4 Å². The molecular weight excluding hydrogens is 280 g/mol. The van der Waals surface area contributed by atoms with Crippen LogP contribution in [0.15, 0.2) is 18.2 Å². The van der Waals surface area contributed by atoms with Gasteiger partial charge in [0.15, 0.2) is 5.78 Å². The topological polar surface area (TPSA) is 20.3 Å². The van der Waals surface area contributed by atoms with Crippen molar-refractivity contribution in [2.45, 2.75) is 12.8 Å². The van der Waals surface area contributed by atoms with E-state index < -0.39 is 0 Å². The van der Waals surface area contributed by atoms with Gasteiger partial charge < -0.3 is 0 Å². The first kappa shape index (κ1) is 14.8. The summed E-state index contributed by atoms with van der Waals surface area (Å²) in [5.74, 6) is 0.112. The van der Waals surface area contributed by atoms with Crippen LogP contribution in [0.4, 0.5) is 0 Å². The number of hydrogen-bond donors (Lipinski definition) is 0. The van der Waals surface area contributed by atoms with E-state index in [9.17, 15) is 4.79 Å². The first-order chi connectivity index (χ1) is 7.66. The van der Waals surface area contributed by atoms with Crippen LogP contribution in [0.2, 0.25) is 10.0 Å². The van der Waals surface area contributed by atoms with Crippen LogP contribution in [0, 0.1) is 0 Å². The molecule has 0 spiro atoms. The molecule has 0 saturated carbocycles. The van der Waals surface area contributed by atoms with E-state index in [1.54, 1.807) is 18.2 Å². The summed E-state index contributed by atoms with van der Waals surface area (Å²) in [7, 11) is 0. The molecule has 0 bridgehead atoms. The van der Waals surface area contributed by atoms with Crippen molar-refractivity contribution in [3.8, 4) is 0 Å². The third-order valence-corrected chi connectivity index (χ3v) is 3.55. The number of ketones is 1. The summed E-state index contributed by atoms with van der Waals surface area (Å²) in [6.07, 6.45) is 2.38. The van der Waals surface area contributed by atoms with E-state index in [0.717, 1.165) is 13.1 Å². The quantitative estimate of drug-likeness (QED) is 0.792. The van der Waals surface area contributed by atoms with Gasteiger partial charge in [0.2, 0.25) is 0 Å². The average Bonchev–Trinajstić information content (AvgIpc) is 2.74. The van der Waals surface area contributed by atoms with Gasteiger partial charge in [0.05, 0.1) is 16.6 Å². The Morgan fingerprint density at radius 2 is 1.82 bits per heavy atom. The Bertz CT molecular complexity index is 403. The number of nitrogens with zero attached hydrogens (tertiary/aromatic N) is 1. The first-order valence-electron chi connectivity index (χ1n) is 5.37. The van der Waals surface area contributed by atoms with Gasteiger partial charge in [-0.1, -0.05) is 23.2 Å². The molecule has 0 radical (unpaired) electrons. The van der Waals surface area contributed by atoms with Crippen LogP contribution >= 0.6 is 35.6 Å². The maximum atomic E-state index is 11.9. The Morgan fingerprint density at radius 1 is 1.18 bits per heavy atom. The van der Waals surface area contributed by atoms with Crippen LogP contribution in [-0.4, -0.2) is 30.3 Å². The van der Waals surface area contributed by atoms with Crippen molar-refractivity contribution < 1.29 is 4.79 Å². The molecule has 0 N–H and O–H groups in total. The molecule has 1 aromatic carbocycles. The van der Waals surface area contributed by atoms with Crippen LogP contribution in [0.25, 0.3) is 0 Å². The van der Waals surface area contributed by atoms with Crippen molar-refractivity contribution >= 4 is 41.4 Å². The number of carbonyl (C=O) groups excluding carboxylic acids is 1. The minimum absolute atomic E-state index is 0. The van der Waals surface area contributed by atoms with Crippen LogP contribution in [0.1, 0.15) is 23.2 Å². The number of rotatable bonds is 3. The third kappa shape index (κ3) is 3.85. The number of Topliss-reactive ketones (excluding diaryl/α,β-unsaturated/α-hetero) is 1. The van der Waals surface area contributed by atoms with Gasteiger partial charge in [-0.05, 0) is 44.1 Å².